The smallest absolute Gasteiger partial charge is 0.0995 e. The van der Waals surface area contributed by atoms with Crippen LogP contribution in [0.15, 0.2) is 24.3 Å². The highest BCUT2D eigenvalue weighted by molar-refractivity contribution is 7.98. The summed E-state index contributed by atoms with van der Waals surface area (Å²) in [4.78, 5) is 2.34. The van der Waals surface area contributed by atoms with Gasteiger partial charge >= 0.3 is 0 Å². The van der Waals surface area contributed by atoms with Crippen LogP contribution in [-0.4, -0.2) is 30.0 Å². The number of hydrogen-bond acceptors (Lipinski definition) is 3. The van der Waals surface area contributed by atoms with Crippen molar-refractivity contribution in [2.24, 2.45) is 0 Å². The zero-order chi connectivity index (χ0) is 12.7. The molecule has 0 saturated heterocycles. The van der Waals surface area contributed by atoms with E-state index in [2.05, 4.69) is 31.2 Å². The number of nitriles is 1. The Morgan fingerprint density at radius 1 is 1.41 bits per heavy atom. The van der Waals surface area contributed by atoms with E-state index in [1.807, 2.05) is 36.0 Å². The highest BCUT2D eigenvalue weighted by atomic mass is 32.2. The Kier molecular flexibility index (Phi) is 6.10. The quantitative estimate of drug-likeness (QED) is 0.774. The summed E-state index contributed by atoms with van der Waals surface area (Å²) in [6.07, 6.45) is 3.28. The molecule has 3 heteroatoms. The molecule has 0 saturated carbocycles. The molecule has 0 heterocycles. The van der Waals surface area contributed by atoms with Crippen molar-refractivity contribution < 1.29 is 0 Å². The van der Waals surface area contributed by atoms with Crippen molar-refractivity contribution in [2.75, 3.05) is 19.1 Å². The standard InChI is InChI=1S/C14H20N2S/c1-4-14(11-17-3)16(2)10-13-8-6-5-7-12(13)9-15/h5-8,14H,4,10-11H2,1-3H3. The second-order valence-electron chi connectivity index (χ2n) is 4.20. The highest BCUT2D eigenvalue weighted by Crippen LogP contribution is 2.14. The number of thioether (sulfide) groups is 1. The van der Waals surface area contributed by atoms with Gasteiger partial charge < -0.3 is 0 Å². The lowest BCUT2D eigenvalue weighted by molar-refractivity contribution is 0.248. The average Bonchev–Trinajstić information content (AvgIpc) is 2.36. The van der Waals surface area contributed by atoms with Crippen molar-refractivity contribution in [3.05, 3.63) is 35.4 Å². The van der Waals surface area contributed by atoms with Crippen LogP contribution in [0.3, 0.4) is 0 Å². The Balaban J connectivity index is 2.73. The molecule has 0 aromatic heterocycles. The van der Waals surface area contributed by atoms with Gasteiger partial charge in [0.25, 0.3) is 0 Å². The number of benzene rings is 1. The predicted octanol–water partition coefficient (Wildman–Crippen LogP) is 3.13. The van der Waals surface area contributed by atoms with Gasteiger partial charge in [0.15, 0.2) is 0 Å². The van der Waals surface area contributed by atoms with Crippen molar-refractivity contribution in [2.45, 2.75) is 25.9 Å². The molecule has 2 nitrogen and oxygen atoms in total. The Labute approximate surface area is 109 Å². The summed E-state index contributed by atoms with van der Waals surface area (Å²) in [6.45, 7) is 3.07. The normalized spacial score (nSPS) is 12.4. The molecular weight excluding hydrogens is 228 g/mol. The van der Waals surface area contributed by atoms with E-state index in [1.54, 1.807) is 0 Å². The third-order valence-corrected chi connectivity index (χ3v) is 3.73. The maximum absolute atomic E-state index is 9.06. The summed E-state index contributed by atoms with van der Waals surface area (Å²) in [5, 5.41) is 9.06. The van der Waals surface area contributed by atoms with E-state index >= 15 is 0 Å². The molecule has 17 heavy (non-hydrogen) atoms. The summed E-state index contributed by atoms with van der Waals surface area (Å²) >= 11 is 1.88. The minimum atomic E-state index is 0.580. The fourth-order valence-corrected chi connectivity index (χ4v) is 2.79. The van der Waals surface area contributed by atoms with Gasteiger partial charge in [0.2, 0.25) is 0 Å². The first kappa shape index (κ1) is 14.1. The van der Waals surface area contributed by atoms with Gasteiger partial charge in [-0.2, -0.15) is 17.0 Å². The number of hydrogen-bond donors (Lipinski definition) is 0. The van der Waals surface area contributed by atoms with E-state index < -0.39 is 0 Å². The minimum absolute atomic E-state index is 0.580. The first-order valence-electron chi connectivity index (χ1n) is 5.90. The van der Waals surface area contributed by atoms with Crippen LogP contribution >= 0.6 is 11.8 Å². The van der Waals surface area contributed by atoms with Crippen LogP contribution in [0.4, 0.5) is 0 Å². The molecule has 1 atom stereocenters. The van der Waals surface area contributed by atoms with Gasteiger partial charge in [-0.3, -0.25) is 4.90 Å². The third-order valence-electron chi connectivity index (χ3n) is 3.01. The Morgan fingerprint density at radius 2 is 2.12 bits per heavy atom. The van der Waals surface area contributed by atoms with E-state index in [0.29, 0.717) is 6.04 Å². The lowest BCUT2D eigenvalue weighted by atomic mass is 10.1. The minimum Gasteiger partial charge on any atom is -0.298 e. The van der Waals surface area contributed by atoms with Crippen LogP contribution in [0.1, 0.15) is 24.5 Å². The molecule has 0 spiro atoms. The summed E-state index contributed by atoms with van der Waals surface area (Å²) in [5.74, 6) is 1.14. The summed E-state index contributed by atoms with van der Waals surface area (Å²) in [6, 6.07) is 10.7. The average molecular weight is 248 g/mol. The Morgan fingerprint density at radius 3 is 2.71 bits per heavy atom. The van der Waals surface area contributed by atoms with Crippen molar-refractivity contribution in [1.82, 2.24) is 4.90 Å². The van der Waals surface area contributed by atoms with Crippen molar-refractivity contribution in [3.8, 4) is 6.07 Å². The lowest BCUT2D eigenvalue weighted by Crippen LogP contribution is -2.32. The largest absolute Gasteiger partial charge is 0.298 e. The molecule has 0 aliphatic heterocycles. The van der Waals surface area contributed by atoms with Crippen LogP contribution in [0, 0.1) is 11.3 Å². The van der Waals surface area contributed by atoms with E-state index in [4.69, 9.17) is 5.26 Å². The molecule has 1 unspecified atom stereocenters. The van der Waals surface area contributed by atoms with Crippen LogP contribution in [-0.2, 0) is 6.54 Å². The molecule has 0 fully saturated rings. The maximum atomic E-state index is 9.06. The van der Waals surface area contributed by atoms with Crippen LogP contribution < -0.4 is 0 Å². The van der Waals surface area contributed by atoms with Gasteiger partial charge in [-0.15, -0.1) is 0 Å². The van der Waals surface area contributed by atoms with Gasteiger partial charge in [-0.25, -0.2) is 0 Å². The zero-order valence-electron chi connectivity index (χ0n) is 10.8. The molecule has 1 aromatic rings. The highest BCUT2D eigenvalue weighted by Gasteiger charge is 2.13. The summed E-state index contributed by atoms with van der Waals surface area (Å²) in [7, 11) is 2.14. The van der Waals surface area contributed by atoms with E-state index in [9.17, 15) is 0 Å². The fourth-order valence-electron chi connectivity index (χ4n) is 1.91. The molecule has 0 aliphatic rings. The molecule has 0 radical (unpaired) electrons. The monoisotopic (exact) mass is 248 g/mol. The van der Waals surface area contributed by atoms with Crippen LogP contribution in [0.2, 0.25) is 0 Å². The van der Waals surface area contributed by atoms with E-state index in [-0.39, 0.29) is 0 Å². The predicted molar refractivity (Wildman–Crippen MR) is 75.1 cm³/mol. The summed E-state index contributed by atoms with van der Waals surface area (Å²) in [5.41, 5.74) is 1.91. The number of rotatable bonds is 6. The van der Waals surface area contributed by atoms with Crippen LogP contribution in [0.25, 0.3) is 0 Å². The molecule has 0 aliphatic carbocycles. The fraction of sp³-hybridized carbons (Fsp3) is 0.500. The lowest BCUT2D eigenvalue weighted by Gasteiger charge is -2.26. The topological polar surface area (TPSA) is 27.0 Å². The summed E-state index contributed by atoms with van der Waals surface area (Å²) < 4.78 is 0. The second kappa shape index (κ2) is 7.37. The van der Waals surface area contributed by atoms with Crippen molar-refractivity contribution in [3.63, 3.8) is 0 Å². The van der Waals surface area contributed by atoms with Crippen molar-refractivity contribution >= 4 is 11.8 Å². The Hall–Kier alpha value is -0.980. The van der Waals surface area contributed by atoms with Crippen molar-refractivity contribution in [1.29, 1.82) is 5.26 Å². The molecule has 1 aromatic carbocycles. The molecule has 0 amide bonds. The molecular formula is C14H20N2S. The first-order chi connectivity index (χ1) is 8.22. The van der Waals surface area contributed by atoms with Gasteiger partial charge in [0.1, 0.15) is 0 Å². The molecule has 0 bridgehead atoms. The maximum Gasteiger partial charge on any atom is 0.0995 e. The van der Waals surface area contributed by atoms with Crippen LogP contribution in [0.5, 0.6) is 0 Å². The van der Waals surface area contributed by atoms with Gasteiger partial charge in [0.05, 0.1) is 11.6 Å². The molecule has 0 N–H and O–H groups in total. The molecule has 92 valence electrons. The van der Waals surface area contributed by atoms with E-state index in [1.165, 1.54) is 0 Å². The zero-order valence-corrected chi connectivity index (χ0v) is 11.6. The Bertz CT molecular complexity index is 384. The van der Waals surface area contributed by atoms with Gasteiger partial charge in [0, 0.05) is 18.3 Å². The molecule has 1 rings (SSSR count). The third kappa shape index (κ3) is 4.07. The SMILES string of the molecule is CCC(CSC)N(C)Cc1ccccc1C#N. The number of nitrogens with zero attached hydrogens (tertiary/aromatic N) is 2. The first-order valence-corrected chi connectivity index (χ1v) is 7.29. The van der Waals surface area contributed by atoms with Gasteiger partial charge in [-0.1, -0.05) is 25.1 Å². The van der Waals surface area contributed by atoms with E-state index in [0.717, 1.165) is 29.8 Å². The second-order valence-corrected chi connectivity index (χ2v) is 5.11. The van der Waals surface area contributed by atoms with Gasteiger partial charge in [-0.05, 0) is 31.4 Å².